The Morgan fingerprint density at radius 2 is 2.03 bits per heavy atom. The lowest BCUT2D eigenvalue weighted by molar-refractivity contribution is -0.136. The molecule has 0 unspecified atom stereocenters. The van der Waals surface area contributed by atoms with Gasteiger partial charge in [-0.1, -0.05) is 18.2 Å². The van der Waals surface area contributed by atoms with Crippen molar-refractivity contribution < 1.29 is 14.7 Å². The fraction of sp³-hybridized carbons (Fsp3) is 0.375. The van der Waals surface area contributed by atoms with E-state index in [1.807, 2.05) is 39.0 Å². The van der Waals surface area contributed by atoms with Crippen molar-refractivity contribution >= 4 is 17.6 Å². The highest BCUT2D eigenvalue weighted by molar-refractivity contribution is 5.96. The second kappa shape index (κ2) is 9.10. The Morgan fingerprint density at radius 1 is 1.30 bits per heavy atom. The van der Waals surface area contributed by atoms with Crippen molar-refractivity contribution in [2.75, 3.05) is 11.9 Å². The molecule has 0 spiro atoms. The van der Waals surface area contributed by atoms with Crippen LogP contribution in [-0.2, 0) is 28.9 Å². The number of benzene rings is 2. The minimum absolute atomic E-state index is 0.0197. The topological polar surface area (TPSA) is 102 Å². The van der Waals surface area contributed by atoms with Crippen LogP contribution in [0.15, 0.2) is 30.3 Å². The summed E-state index contributed by atoms with van der Waals surface area (Å²) in [5.41, 5.74) is 6.30. The van der Waals surface area contributed by atoms with Crippen molar-refractivity contribution in [3.63, 3.8) is 0 Å². The number of carbonyl (C=O) groups excluding carboxylic acids is 1. The van der Waals surface area contributed by atoms with Gasteiger partial charge in [-0.25, -0.2) is 0 Å². The molecule has 0 radical (unpaired) electrons. The van der Waals surface area contributed by atoms with Gasteiger partial charge in [0.1, 0.15) is 0 Å². The lowest BCUT2D eigenvalue weighted by Crippen LogP contribution is -2.44. The highest BCUT2D eigenvalue weighted by Crippen LogP contribution is 2.29. The van der Waals surface area contributed by atoms with Gasteiger partial charge in [-0.05, 0) is 80.1 Å². The lowest BCUT2D eigenvalue weighted by atomic mass is 9.86. The molecule has 2 aromatic rings. The summed E-state index contributed by atoms with van der Waals surface area (Å²) in [6.45, 7) is 6.63. The van der Waals surface area contributed by atoms with Crippen LogP contribution in [-0.4, -0.2) is 29.6 Å². The SMILES string of the molecule is Cc1cc(C)c(CC(=O)O)cc1CCN[C@H](C)[C@H]1Cc2c(C#N)cccc2NC1=O. The Labute approximate surface area is 176 Å². The van der Waals surface area contributed by atoms with E-state index in [2.05, 4.69) is 16.7 Å². The third-order valence-electron chi connectivity index (χ3n) is 5.92. The fourth-order valence-electron chi connectivity index (χ4n) is 4.12. The lowest BCUT2D eigenvalue weighted by Gasteiger charge is -2.30. The van der Waals surface area contributed by atoms with Crippen molar-refractivity contribution in [3.8, 4) is 6.07 Å². The van der Waals surface area contributed by atoms with E-state index in [-0.39, 0.29) is 24.3 Å². The predicted octanol–water partition coefficient (Wildman–Crippen LogP) is 3.13. The van der Waals surface area contributed by atoms with Gasteiger partial charge in [-0.2, -0.15) is 5.26 Å². The molecule has 1 heterocycles. The van der Waals surface area contributed by atoms with Crippen molar-refractivity contribution in [1.29, 1.82) is 5.26 Å². The molecule has 3 N–H and O–H groups in total. The molecule has 0 saturated heterocycles. The van der Waals surface area contributed by atoms with Crippen LogP contribution in [0.25, 0.3) is 0 Å². The maximum Gasteiger partial charge on any atom is 0.307 e. The first kappa shape index (κ1) is 21.5. The van der Waals surface area contributed by atoms with Crippen molar-refractivity contribution in [1.82, 2.24) is 5.32 Å². The number of aryl methyl sites for hydroxylation is 2. The standard InChI is InChI=1S/C24H27N3O3/c1-14-9-15(2)19(11-23(28)29)10-17(14)7-8-26-16(3)20-12-21-18(13-25)5-4-6-22(21)27-24(20)30/h4-6,9-10,16,20,26H,7-8,11-12H2,1-3H3,(H,27,30)(H,28,29)/t16-,20-/m1/s1. The smallest absolute Gasteiger partial charge is 0.307 e. The van der Waals surface area contributed by atoms with Crippen LogP contribution in [0.1, 0.15) is 40.3 Å². The number of rotatable bonds is 7. The number of carbonyl (C=O) groups is 2. The number of aliphatic carboxylic acids is 1. The second-order valence-corrected chi connectivity index (χ2v) is 8.01. The number of nitrogens with one attached hydrogen (secondary N) is 2. The molecule has 0 aliphatic carbocycles. The maximum absolute atomic E-state index is 12.6. The van der Waals surface area contributed by atoms with Gasteiger partial charge in [0, 0.05) is 11.7 Å². The highest BCUT2D eigenvalue weighted by Gasteiger charge is 2.31. The van der Waals surface area contributed by atoms with Crippen LogP contribution in [0, 0.1) is 31.1 Å². The Balaban J connectivity index is 1.65. The molecule has 0 aromatic heterocycles. The van der Waals surface area contributed by atoms with Gasteiger partial charge in [0.15, 0.2) is 0 Å². The molecule has 2 atom stereocenters. The normalized spacial score (nSPS) is 16.3. The van der Waals surface area contributed by atoms with Gasteiger partial charge >= 0.3 is 5.97 Å². The van der Waals surface area contributed by atoms with Crippen molar-refractivity contribution in [2.24, 2.45) is 5.92 Å². The van der Waals surface area contributed by atoms with Gasteiger partial charge < -0.3 is 15.7 Å². The van der Waals surface area contributed by atoms with E-state index < -0.39 is 5.97 Å². The summed E-state index contributed by atoms with van der Waals surface area (Å²) in [5, 5.41) is 24.8. The number of amides is 1. The zero-order valence-corrected chi connectivity index (χ0v) is 17.6. The van der Waals surface area contributed by atoms with E-state index in [9.17, 15) is 14.9 Å². The van der Waals surface area contributed by atoms with Crippen LogP contribution in [0.3, 0.4) is 0 Å². The molecule has 1 aliphatic rings. The van der Waals surface area contributed by atoms with E-state index in [0.29, 0.717) is 18.5 Å². The van der Waals surface area contributed by atoms with Crippen molar-refractivity contribution in [3.05, 3.63) is 63.7 Å². The van der Waals surface area contributed by atoms with E-state index in [4.69, 9.17) is 5.11 Å². The number of nitriles is 1. The van der Waals surface area contributed by atoms with Crippen LogP contribution < -0.4 is 10.6 Å². The first-order chi connectivity index (χ1) is 14.3. The molecule has 0 bridgehead atoms. The van der Waals surface area contributed by atoms with E-state index >= 15 is 0 Å². The molecule has 2 aromatic carbocycles. The first-order valence-corrected chi connectivity index (χ1v) is 10.2. The number of hydrogen-bond acceptors (Lipinski definition) is 4. The van der Waals surface area contributed by atoms with Gasteiger partial charge in [0.25, 0.3) is 0 Å². The highest BCUT2D eigenvalue weighted by atomic mass is 16.4. The Morgan fingerprint density at radius 3 is 2.73 bits per heavy atom. The Bertz CT molecular complexity index is 1020. The number of nitrogens with zero attached hydrogens (tertiary/aromatic N) is 1. The third kappa shape index (κ3) is 4.69. The predicted molar refractivity (Wildman–Crippen MR) is 115 cm³/mol. The summed E-state index contributed by atoms with van der Waals surface area (Å²) >= 11 is 0. The van der Waals surface area contributed by atoms with E-state index in [0.717, 1.165) is 39.9 Å². The molecular formula is C24H27N3O3. The molecule has 0 saturated carbocycles. The summed E-state index contributed by atoms with van der Waals surface area (Å²) in [6, 6.07) is 11.6. The molecular weight excluding hydrogens is 378 g/mol. The molecule has 0 fully saturated rings. The van der Waals surface area contributed by atoms with Crippen molar-refractivity contribution in [2.45, 2.75) is 46.1 Å². The first-order valence-electron chi connectivity index (χ1n) is 10.2. The van der Waals surface area contributed by atoms with Gasteiger partial charge in [0.2, 0.25) is 5.91 Å². The van der Waals surface area contributed by atoms with Gasteiger partial charge in [0.05, 0.1) is 24.0 Å². The summed E-state index contributed by atoms with van der Waals surface area (Å²) in [6.07, 6.45) is 1.30. The average molecular weight is 405 g/mol. The maximum atomic E-state index is 12.6. The fourth-order valence-corrected chi connectivity index (χ4v) is 4.12. The molecule has 30 heavy (non-hydrogen) atoms. The van der Waals surface area contributed by atoms with Crippen LogP contribution in [0.4, 0.5) is 5.69 Å². The van der Waals surface area contributed by atoms with Crippen LogP contribution in [0.5, 0.6) is 0 Å². The second-order valence-electron chi connectivity index (χ2n) is 8.01. The van der Waals surface area contributed by atoms with E-state index in [1.54, 1.807) is 12.1 Å². The average Bonchev–Trinajstić information content (AvgIpc) is 2.69. The van der Waals surface area contributed by atoms with E-state index in [1.165, 1.54) is 0 Å². The molecule has 1 amide bonds. The largest absolute Gasteiger partial charge is 0.481 e. The van der Waals surface area contributed by atoms with Gasteiger partial charge in [-0.15, -0.1) is 0 Å². The summed E-state index contributed by atoms with van der Waals surface area (Å²) in [5.74, 6) is -1.12. The number of hydrogen-bond donors (Lipinski definition) is 3. The molecule has 1 aliphatic heterocycles. The summed E-state index contributed by atoms with van der Waals surface area (Å²) in [4.78, 5) is 23.7. The number of anilines is 1. The molecule has 156 valence electrons. The molecule has 3 rings (SSSR count). The minimum atomic E-state index is -0.833. The zero-order valence-electron chi connectivity index (χ0n) is 17.6. The third-order valence-corrected chi connectivity index (χ3v) is 5.92. The zero-order chi connectivity index (χ0) is 21.8. The molecule has 6 nitrogen and oxygen atoms in total. The van der Waals surface area contributed by atoms with Crippen LogP contribution >= 0.6 is 0 Å². The quantitative estimate of drug-likeness (QED) is 0.657. The summed E-state index contributed by atoms with van der Waals surface area (Å²) in [7, 11) is 0. The number of carboxylic acid groups (broad SMARTS) is 1. The minimum Gasteiger partial charge on any atom is -0.481 e. The monoisotopic (exact) mass is 405 g/mol. The van der Waals surface area contributed by atoms with Gasteiger partial charge in [-0.3, -0.25) is 9.59 Å². The Kier molecular flexibility index (Phi) is 6.53. The van der Waals surface area contributed by atoms with Crippen LogP contribution in [0.2, 0.25) is 0 Å². The molecule has 6 heteroatoms. The summed E-state index contributed by atoms with van der Waals surface area (Å²) < 4.78 is 0. The number of carboxylic acids is 1. The number of fused-ring (bicyclic) bond motifs is 1. The Hall–Kier alpha value is -3.17.